The lowest BCUT2D eigenvalue weighted by Crippen LogP contribution is -2.58. The highest BCUT2D eigenvalue weighted by atomic mass is 19.4. The van der Waals surface area contributed by atoms with Crippen LogP contribution in [0.3, 0.4) is 0 Å². The number of nitrogens with one attached hydrogen (secondary N) is 1. The number of carbonyl (C=O) groups is 2. The number of amides is 2. The van der Waals surface area contributed by atoms with Crippen molar-refractivity contribution < 1.29 is 22.8 Å². The molecule has 2 rings (SSSR count). The van der Waals surface area contributed by atoms with Gasteiger partial charge in [-0.15, -0.1) is 0 Å². The van der Waals surface area contributed by atoms with Crippen molar-refractivity contribution in [2.75, 3.05) is 13.1 Å². The summed E-state index contributed by atoms with van der Waals surface area (Å²) in [7, 11) is 0. The highest BCUT2D eigenvalue weighted by molar-refractivity contribution is 5.89. The fraction of sp³-hybridized carbons (Fsp3) is 0.846. The summed E-state index contributed by atoms with van der Waals surface area (Å²) >= 11 is 0. The first kappa shape index (κ1) is 15.1. The molecule has 1 N–H and O–H groups in total. The smallest absolute Gasteiger partial charge is 0.353 e. The fourth-order valence-electron chi connectivity index (χ4n) is 3.11. The predicted octanol–water partition coefficient (Wildman–Crippen LogP) is 1.70. The molecule has 4 nitrogen and oxygen atoms in total. The Labute approximate surface area is 115 Å². The molecule has 1 saturated carbocycles. The number of hydrogen-bond acceptors (Lipinski definition) is 2. The molecule has 1 saturated heterocycles. The number of hydrogen-bond donors (Lipinski definition) is 1. The number of carbonyl (C=O) groups excluding carboxylic acids is 2. The standard InChI is InChI=1S/C13H19F3N2O2/c1-8-11(19)17-6-7-18(8)12(20)9-4-2-3-5-10(9)13(14,15)16/h8-10H,2-7H2,1H3,(H,17,19). The maximum atomic E-state index is 13.0. The summed E-state index contributed by atoms with van der Waals surface area (Å²) in [5.41, 5.74) is 0. The van der Waals surface area contributed by atoms with Crippen molar-refractivity contribution in [3.8, 4) is 0 Å². The van der Waals surface area contributed by atoms with Crippen molar-refractivity contribution in [1.82, 2.24) is 10.2 Å². The van der Waals surface area contributed by atoms with Crippen LogP contribution in [0.15, 0.2) is 0 Å². The molecule has 0 aromatic heterocycles. The van der Waals surface area contributed by atoms with Gasteiger partial charge in [0.05, 0.1) is 5.92 Å². The molecular formula is C13H19F3N2O2. The van der Waals surface area contributed by atoms with Gasteiger partial charge in [0.25, 0.3) is 0 Å². The van der Waals surface area contributed by atoms with Gasteiger partial charge in [-0.1, -0.05) is 12.8 Å². The molecule has 2 aliphatic rings. The van der Waals surface area contributed by atoms with E-state index in [1.807, 2.05) is 0 Å². The van der Waals surface area contributed by atoms with E-state index >= 15 is 0 Å². The summed E-state index contributed by atoms with van der Waals surface area (Å²) in [4.78, 5) is 25.3. The third-order valence-corrected chi connectivity index (χ3v) is 4.29. The van der Waals surface area contributed by atoms with Crippen LogP contribution in [0.2, 0.25) is 0 Å². The Bertz CT molecular complexity index is 398. The van der Waals surface area contributed by atoms with Crippen LogP contribution >= 0.6 is 0 Å². The number of piperazine rings is 1. The molecule has 0 aromatic carbocycles. The number of nitrogens with zero attached hydrogens (tertiary/aromatic N) is 1. The maximum absolute atomic E-state index is 13.0. The number of alkyl halides is 3. The van der Waals surface area contributed by atoms with Gasteiger partial charge in [-0.25, -0.2) is 0 Å². The van der Waals surface area contributed by atoms with Crippen LogP contribution < -0.4 is 5.32 Å². The van der Waals surface area contributed by atoms with E-state index < -0.39 is 30.0 Å². The van der Waals surface area contributed by atoms with E-state index in [2.05, 4.69) is 5.32 Å². The summed E-state index contributed by atoms with van der Waals surface area (Å²) in [6.07, 6.45) is -2.94. The Balaban J connectivity index is 2.15. The second kappa shape index (κ2) is 5.61. The Morgan fingerprint density at radius 2 is 1.95 bits per heavy atom. The Hall–Kier alpha value is -1.27. The normalized spacial score (nSPS) is 31.9. The second-order valence-corrected chi connectivity index (χ2v) is 5.54. The van der Waals surface area contributed by atoms with E-state index in [4.69, 9.17) is 0 Å². The van der Waals surface area contributed by atoms with Crippen LogP contribution in [0.1, 0.15) is 32.6 Å². The SMILES string of the molecule is CC1C(=O)NCCN1C(=O)C1CCCCC1C(F)(F)F. The minimum atomic E-state index is -4.35. The highest BCUT2D eigenvalue weighted by Crippen LogP contribution is 2.42. The van der Waals surface area contributed by atoms with Gasteiger partial charge in [0.15, 0.2) is 0 Å². The average Bonchev–Trinajstić information content (AvgIpc) is 2.40. The second-order valence-electron chi connectivity index (χ2n) is 5.54. The third-order valence-electron chi connectivity index (χ3n) is 4.29. The van der Waals surface area contributed by atoms with E-state index in [1.54, 1.807) is 6.92 Å². The quantitative estimate of drug-likeness (QED) is 0.800. The van der Waals surface area contributed by atoms with E-state index in [9.17, 15) is 22.8 Å². The van der Waals surface area contributed by atoms with Crippen LogP contribution in [0, 0.1) is 11.8 Å². The molecule has 1 heterocycles. The summed E-state index contributed by atoms with van der Waals surface area (Å²) in [5, 5.41) is 2.61. The predicted molar refractivity (Wildman–Crippen MR) is 65.7 cm³/mol. The molecule has 7 heteroatoms. The maximum Gasteiger partial charge on any atom is 0.392 e. The molecule has 2 fully saturated rings. The van der Waals surface area contributed by atoms with Gasteiger partial charge >= 0.3 is 6.18 Å². The molecule has 3 atom stereocenters. The minimum Gasteiger partial charge on any atom is -0.353 e. The summed E-state index contributed by atoms with van der Waals surface area (Å²) in [6, 6.07) is -0.688. The van der Waals surface area contributed by atoms with Crippen molar-refractivity contribution in [2.45, 2.75) is 44.8 Å². The zero-order valence-corrected chi connectivity index (χ0v) is 11.4. The Morgan fingerprint density at radius 3 is 2.60 bits per heavy atom. The fourth-order valence-corrected chi connectivity index (χ4v) is 3.11. The molecule has 1 aliphatic carbocycles. The molecule has 114 valence electrons. The molecule has 3 unspecified atom stereocenters. The monoisotopic (exact) mass is 292 g/mol. The highest BCUT2D eigenvalue weighted by Gasteiger charge is 2.49. The van der Waals surface area contributed by atoms with Gasteiger partial charge in [-0.05, 0) is 19.8 Å². The lowest BCUT2D eigenvalue weighted by atomic mass is 9.77. The lowest BCUT2D eigenvalue weighted by molar-refractivity contribution is -0.201. The van der Waals surface area contributed by atoms with Crippen molar-refractivity contribution in [1.29, 1.82) is 0 Å². The van der Waals surface area contributed by atoms with Crippen molar-refractivity contribution in [3.63, 3.8) is 0 Å². The van der Waals surface area contributed by atoms with Crippen LogP contribution in [-0.4, -0.2) is 42.0 Å². The molecule has 1 aliphatic heterocycles. The van der Waals surface area contributed by atoms with Crippen LogP contribution in [0.4, 0.5) is 13.2 Å². The topological polar surface area (TPSA) is 49.4 Å². The van der Waals surface area contributed by atoms with E-state index in [-0.39, 0.29) is 25.3 Å². The summed E-state index contributed by atoms with van der Waals surface area (Å²) in [5.74, 6) is -3.42. The number of halogens is 3. The van der Waals surface area contributed by atoms with Gasteiger partial charge in [-0.3, -0.25) is 9.59 Å². The summed E-state index contributed by atoms with van der Waals surface area (Å²) < 4.78 is 39.1. The molecule has 0 spiro atoms. The number of rotatable bonds is 1. The average molecular weight is 292 g/mol. The molecular weight excluding hydrogens is 273 g/mol. The molecule has 0 bridgehead atoms. The Morgan fingerprint density at radius 1 is 1.30 bits per heavy atom. The van der Waals surface area contributed by atoms with Crippen LogP contribution in [0.5, 0.6) is 0 Å². The van der Waals surface area contributed by atoms with Gasteiger partial charge in [0, 0.05) is 19.0 Å². The van der Waals surface area contributed by atoms with Crippen LogP contribution in [0.25, 0.3) is 0 Å². The third kappa shape index (κ3) is 2.91. The van der Waals surface area contributed by atoms with Gasteiger partial charge in [-0.2, -0.15) is 13.2 Å². The zero-order chi connectivity index (χ0) is 14.9. The van der Waals surface area contributed by atoms with Gasteiger partial charge in [0.2, 0.25) is 11.8 Å². The van der Waals surface area contributed by atoms with E-state index in [1.165, 1.54) is 4.90 Å². The molecule has 0 radical (unpaired) electrons. The van der Waals surface area contributed by atoms with Crippen molar-refractivity contribution in [3.05, 3.63) is 0 Å². The molecule has 20 heavy (non-hydrogen) atoms. The lowest BCUT2D eigenvalue weighted by Gasteiger charge is -2.39. The first-order chi connectivity index (χ1) is 9.32. The molecule has 2 amide bonds. The minimum absolute atomic E-state index is 0.00826. The largest absolute Gasteiger partial charge is 0.392 e. The van der Waals surface area contributed by atoms with E-state index in [0.717, 1.165) is 0 Å². The summed E-state index contributed by atoms with van der Waals surface area (Å²) in [6.45, 7) is 2.14. The first-order valence-corrected chi connectivity index (χ1v) is 6.97. The van der Waals surface area contributed by atoms with Crippen molar-refractivity contribution in [2.24, 2.45) is 11.8 Å². The first-order valence-electron chi connectivity index (χ1n) is 6.97. The Kier molecular flexibility index (Phi) is 4.25. The zero-order valence-electron chi connectivity index (χ0n) is 11.4. The van der Waals surface area contributed by atoms with Gasteiger partial charge < -0.3 is 10.2 Å². The van der Waals surface area contributed by atoms with Gasteiger partial charge in [0.1, 0.15) is 6.04 Å². The van der Waals surface area contributed by atoms with Crippen molar-refractivity contribution >= 4 is 11.8 Å². The molecule has 0 aromatic rings. The van der Waals surface area contributed by atoms with Crippen LogP contribution in [-0.2, 0) is 9.59 Å². The van der Waals surface area contributed by atoms with E-state index in [0.29, 0.717) is 19.4 Å².